The molecule has 0 fully saturated rings. The van der Waals surface area contributed by atoms with Crippen LogP contribution in [0, 0.1) is 5.82 Å². The highest BCUT2D eigenvalue weighted by Crippen LogP contribution is 2.33. The number of hydrogen-bond acceptors (Lipinski definition) is 2. The van der Waals surface area contributed by atoms with Crippen LogP contribution < -0.4 is 4.74 Å². The maximum atomic E-state index is 13.1. The lowest BCUT2D eigenvalue weighted by molar-refractivity contribution is 0.0797. The first-order valence-corrected chi connectivity index (χ1v) is 4.85. The molecule has 1 amide bonds. The summed E-state index contributed by atoms with van der Waals surface area (Å²) < 4.78 is 18.4. The minimum atomic E-state index is -0.576. The molecule has 0 N–H and O–H groups in total. The van der Waals surface area contributed by atoms with Crippen molar-refractivity contribution in [2.75, 3.05) is 20.2 Å². The van der Waals surface area contributed by atoms with Gasteiger partial charge in [-0.1, -0.05) is 11.6 Å². The fourth-order valence-electron chi connectivity index (χ4n) is 1.43. The Balaban J connectivity index is 2.58. The van der Waals surface area contributed by atoms with E-state index in [0.717, 1.165) is 0 Å². The van der Waals surface area contributed by atoms with Gasteiger partial charge in [-0.15, -0.1) is 0 Å². The van der Waals surface area contributed by atoms with Gasteiger partial charge in [-0.2, -0.15) is 0 Å². The van der Waals surface area contributed by atoms with Gasteiger partial charge in [0.15, 0.2) is 5.75 Å². The van der Waals surface area contributed by atoms with Crippen molar-refractivity contribution in [2.24, 2.45) is 0 Å². The topological polar surface area (TPSA) is 29.5 Å². The normalized spacial score (nSPS) is 15.7. The van der Waals surface area contributed by atoms with Gasteiger partial charge >= 0.3 is 0 Å². The molecule has 0 unspecified atom stereocenters. The maximum absolute atomic E-state index is 13.1. The number of likely N-dealkylation sites (N-methyl/N-ethyl adjacent to an activating group) is 1. The van der Waals surface area contributed by atoms with E-state index >= 15 is 0 Å². The minimum Gasteiger partial charge on any atom is -0.489 e. The van der Waals surface area contributed by atoms with Gasteiger partial charge in [0.25, 0.3) is 5.91 Å². The van der Waals surface area contributed by atoms with Gasteiger partial charge < -0.3 is 9.64 Å². The van der Waals surface area contributed by atoms with Gasteiger partial charge in [0.05, 0.1) is 12.1 Å². The summed E-state index contributed by atoms with van der Waals surface area (Å²) >= 11 is 5.73. The average Bonchev–Trinajstić information content (AvgIpc) is 2.35. The van der Waals surface area contributed by atoms with Gasteiger partial charge in [0.2, 0.25) is 0 Å². The summed E-state index contributed by atoms with van der Waals surface area (Å²) in [5.74, 6) is -0.636. The molecule has 1 aromatic rings. The Morgan fingerprint density at radius 1 is 1.53 bits per heavy atom. The van der Waals surface area contributed by atoms with Crippen LogP contribution in [0.4, 0.5) is 4.39 Å². The summed E-state index contributed by atoms with van der Waals surface area (Å²) in [6, 6.07) is 2.56. The van der Waals surface area contributed by atoms with Crippen LogP contribution in [0.2, 0.25) is 5.02 Å². The molecule has 1 heterocycles. The van der Waals surface area contributed by atoms with Crippen LogP contribution in [-0.4, -0.2) is 31.0 Å². The van der Waals surface area contributed by atoms with E-state index in [4.69, 9.17) is 16.3 Å². The molecule has 0 aromatic heterocycles. The second kappa shape index (κ2) is 3.70. The van der Waals surface area contributed by atoms with E-state index in [1.54, 1.807) is 7.05 Å². The number of rotatable bonds is 0. The number of halogens is 2. The third-order valence-corrected chi connectivity index (χ3v) is 2.65. The second-order valence-electron chi connectivity index (χ2n) is 3.31. The molecule has 15 heavy (non-hydrogen) atoms. The maximum Gasteiger partial charge on any atom is 0.257 e. The van der Waals surface area contributed by atoms with E-state index in [1.807, 2.05) is 0 Å². The molecule has 1 aromatic carbocycles. The Hall–Kier alpha value is -1.29. The van der Waals surface area contributed by atoms with E-state index in [1.165, 1.54) is 17.0 Å². The summed E-state index contributed by atoms with van der Waals surface area (Å²) in [5, 5.41) is -0.129. The molecule has 5 heteroatoms. The van der Waals surface area contributed by atoms with Crippen molar-refractivity contribution in [3.8, 4) is 5.75 Å². The summed E-state index contributed by atoms with van der Waals surface area (Å²) in [6.45, 7) is 0.782. The Morgan fingerprint density at radius 2 is 2.27 bits per heavy atom. The first-order valence-electron chi connectivity index (χ1n) is 4.47. The number of benzene rings is 1. The SMILES string of the molecule is CN1CCOc2c(ccc(F)c2Cl)C1=O. The first-order chi connectivity index (χ1) is 7.11. The van der Waals surface area contributed by atoms with E-state index in [0.29, 0.717) is 18.7 Å². The molecule has 0 saturated carbocycles. The van der Waals surface area contributed by atoms with Gasteiger partial charge in [-0.3, -0.25) is 4.79 Å². The largest absolute Gasteiger partial charge is 0.489 e. The lowest BCUT2D eigenvalue weighted by Gasteiger charge is -2.12. The second-order valence-corrected chi connectivity index (χ2v) is 3.69. The summed E-state index contributed by atoms with van der Waals surface area (Å²) in [4.78, 5) is 13.3. The summed E-state index contributed by atoms with van der Waals surface area (Å²) in [6.07, 6.45) is 0. The highest BCUT2D eigenvalue weighted by atomic mass is 35.5. The van der Waals surface area contributed by atoms with Gasteiger partial charge in [0.1, 0.15) is 17.4 Å². The van der Waals surface area contributed by atoms with Crippen molar-refractivity contribution < 1.29 is 13.9 Å². The van der Waals surface area contributed by atoms with Crippen LogP contribution in [-0.2, 0) is 0 Å². The first kappa shape index (κ1) is 10.2. The van der Waals surface area contributed by atoms with E-state index in [2.05, 4.69) is 0 Å². The van der Waals surface area contributed by atoms with Gasteiger partial charge in [0, 0.05) is 7.05 Å². The van der Waals surface area contributed by atoms with Crippen LogP contribution >= 0.6 is 11.6 Å². The summed E-state index contributed by atoms with van der Waals surface area (Å²) in [7, 11) is 1.66. The van der Waals surface area contributed by atoms with Crippen molar-refractivity contribution in [1.82, 2.24) is 4.90 Å². The minimum absolute atomic E-state index is 0.129. The van der Waals surface area contributed by atoms with Crippen LogP contribution in [0.5, 0.6) is 5.75 Å². The van der Waals surface area contributed by atoms with Crippen molar-refractivity contribution in [2.45, 2.75) is 0 Å². The van der Waals surface area contributed by atoms with E-state index in [-0.39, 0.29) is 16.7 Å². The number of fused-ring (bicyclic) bond motifs is 1. The van der Waals surface area contributed by atoms with Crippen molar-refractivity contribution >= 4 is 17.5 Å². The highest BCUT2D eigenvalue weighted by Gasteiger charge is 2.24. The standard InChI is InChI=1S/C10H9ClFNO2/c1-13-4-5-15-9-6(10(13)14)2-3-7(12)8(9)11/h2-3H,4-5H2,1H3. The molecule has 1 aliphatic heterocycles. The number of carbonyl (C=O) groups excluding carboxylic acids is 1. The number of carbonyl (C=O) groups is 1. The molecular formula is C10H9ClFNO2. The van der Waals surface area contributed by atoms with Crippen LogP contribution in [0.1, 0.15) is 10.4 Å². The zero-order chi connectivity index (χ0) is 11.0. The van der Waals surface area contributed by atoms with Crippen molar-refractivity contribution in [1.29, 1.82) is 0 Å². The fourth-order valence-corrected chi connectivity index (χ4v) is 1.65. The Bertz CT molecular complexity index is 422. The van der Waals surface area contributed by atoms with E-state index < -0.39 is 5.82 Å². The molecule has 80 valence electrons. The average molecular weight is 230 g/mol. The molecule has 0 radical (unpaired) electrons. The lowest BCUT2D eigenvalue weighted by Crippen LogP contribution is -2.27. The summed E-state index contributed by atoms with van der Waals surface area (Å²) in [5.41, 5.74) is 0.307. The Morgan fingerprint density at radius 3 is 3.00 bits per heavy atom. The predicted octanol–water partition coefficient (Wildman–Crippen LogP) is 1.94. The highest BCUT2D eigenvalue weighted by molar-refractivity contribution is 6.32. The number of hydrogen-bond donors (Lipinski definition) is 0. The zero-order valence-corrected chi connectivity index (χ0v) is 8.84. The quantitative estimate of drug-likeness (QED) is 0.681. The molecule has 0 atom stereocenters. The lowest BCUT2D eigenvalue weighted by atomic mass is 10.2. The molecule has 0 aliphatic carbocycles. The molecule has 2 rings (SSSR count). The molecule has 0 bridgehead atoms. The van der Waals surface area contributed by atoms with Crippen molar-refractivity contribution in [3.63, 3.8) is 0 Å². The third-order valence-electron chi connectivity index (χ3n) is 2.30. The molecular weight excluding hydrogens is 221 g/mol. The number of amides is 1. The molecule has 0 saturated heterocycles. The van der Waals surface area contributed by atoms with Crippen molar-refractivity contribution in [3.05, 3.63) is 28.5 Å². The van der Waals surface area contributed by atoms with Crippen LogP contribution in [0.25, 0.3) is 0 Å². The van der Waals surface area contributed by atoms with Gasteiger partial charge in [-0.05, 0) is 12.1 Å². The van der Waals surface area contributed by atoms with Gasteiger partial charge in [-0.25, -0.2) is 4.39 Å². The smallest absolute Gasteiger partial charge is 0.257 e. The molecule has 3 nitrogen and oxygen atoms in total. The predicted molar refractivity (Wildman–Crippen MR) is 53.9 cm³/mol. The fraction of sp³-hybridized carbons (Fsp3) is 0.300. The molecule has 0 spiro atoms. The number of ether oxygens (including phenoxy) is 1. The van der Waals surface area contributed by atoms with Crippen LogP contribution in [0.3, 0.4) is 0 Å². The monoisotopic (exact) mass is 229 g/mol. The Kier molecular flexibility index (Phi) is 2.52. The zero-order valence-electron chi connectivity index (χ0n) is 8.09. The molecule has 1 aliphatic rings. The third kappa shape index (κ3) is 1.65. The number of nitrogens with zero attached hydrogens (tertiary/aromatic N) is 1. The van der Waals surface area contributed by atoms with Crippen LogP contribution in [0.15, 0.2) is 12.1 Å². The Labute approximate surface area is 91.4 Å². The van der Waals surface area contributed by atoms with E-state index in [9.17, 15) is 9.18 Å².